The number of carbonyl (C=O) groups excluding carboxylic acids is 1. The van der Waals surface area contributed by atoms with Crippen molar-refractivity contribution in [3.05, 3.63) is 72.2 Å². The Morgan fingerprint density at radius 1 is 1.09 bits per heavy atom. The van der Waals surface area contributed by atoms with Crippen molar-refractivity contribution in [2.24, 2.45) is 0 Å². The molecule has 2 heterocycles. The molecule has 4 rings (SSSR count). The first-order chi connectivity index (χ1) is 15.4. The second-order valence-corrected chi connectivity index (χ2v) is 8.75. The van der Waals surface area contributed by atoms with Crippen LogP contribution in [0, 0.1) is 0 Å². The lowest BCUT2D eigenvalue weighted by atomic mass is 10.1. The first-order valence-electron chi connectivity index (χ1n) is 9.79. The largest absolute Gasteiger partial charge is 0.497 e. The van der Waals surface area contributed by atoms with Gasteiger partial charge in [-0.3, -0.25) is 4.79 Å². The number of nitrogens with one attached hydrogen (secondary N) is 2. The molecule has 2 N–H and O–H groups in total. The Bertz CT molecular complexity index is 1180. The lowest BCUT2D eigenvalue weighted by Gasteiger charge is -2.17. The Balaban J connectivity index is 1.43. The quantitative estimate of drug-likeness (QED) is 0.506. The van der Waals surface area contributed by atoms with Gasteiger partial charge in [0.25, 0.3) is 0 Å². The highest BCUT2D eigenvalue weighted by Crippen LogP contribution is 2.32. The van der Waals surface area contributed by atoms with Gasteiger partial charge in [-0.2, -0.15) is 4.72 Å². The van der Waals surface area contributed by atoms with Crippen LogP contribution in [0.3, 0.4) is 0 Å². The molecule has 1 amide bonds. The molecule has 1 aromatic heterocycles. The summed E-state index contributed by atoms with van der Waals surface area (Å²) in [5.41, 5.74) is 0.830. The van der Waals surface area contributed by atoms with Gasteiger partial charge in [0.1, 0.15) is 11.5 Å². The Labute approximate surface area is 185 Å². The fourth-order valence-electron chi connectivity index (χ4n) is 3.21. The smallest absolute Gasteiger partial charge is 0.241 e. The van der Waals surface area contributed by atoms with E-state index in [-0.39, 0.29) is 30.6 Å². The molecule has 0 bridgehead atoms. The Morgan fingerprint density at radius 3 is 2.59 bits per heavy atom. The maximum atomic E-state index is 12.9. The zero-order valence-electron chi connectivity index (χ0n) is 17.2. The minimum Gasteiger partial charge on any atom is -0.497 e. The highest BCUT2D eigenvalue weighted by Gasteiger charge is 2.26. The van der Waals surface area contributed by atoms with Gasteiger partial charge in [-0.05, 0) is 54.1 Å². The minimum absolute atomic E-state index is 0.0515. The SMILES string of the molecule is COc1ccc(S(=O)(=O)N[C@@H](CC(=O)NCc2ccc3c(c2)OCO3)c2ccco2)cc1. The van der Waals surface area contributed by atoms with Gasteiger partial charge in [-0.1, -0.05) is 6.07 Å². The summed E-state index contributed by atoms with van der Waals surface area (Å²) in [5, 5.41) is 2.79. The number of rotatable bonds is 9. The van der Waals surface area contributed by atoms with E-state index in [0.717, 1.165) is 5.56 Å². The van der Waals surface area contributed by atoms with Crippen LogP contribution in [0.25, 0.3) is 0 Å². The van der Waals surface area contributed by atoms with Crippen molar-refractivity contribution in [1.82, 2.24) is 10.0 Å². The van der Waals surface area contributed by atoms with E-state index >= 15 is 0 Å². The third-order valence-corrected chi connectivity index (χ3v) is 6.36. The number of methoxy groups -OCH3 is 1. The molecule has 10 heteroatoms. The molecule has 0 aliphatic carbocycles. The average Bonchev–Trinajstić information content (AvgIpc) is 3.49. The molecule has 1 aliphatic heterocycles. The fourth-order valence-corrected chi connectivity index (χ4v) is 4.41. The van der Waals surface area contributed by atoms with E-state index in [0.29, 0.717) is 23.0 Å². The first-order valence-corrected chi connectivity index (χ1v) is 11.3. The topological polar surface area (TPSA) is 116 Å². The third kappa shape index (κ3) is 5.04. The summed E-state index contributed by atoms with van der Waals surface area (Å²) in [7, 11) is -2.41. The van der Waals surface area contributed by atoms with Crippen molar-refractivity contribution in [2.45, 2.75) is 23.9 Å². The molecule has 0 radical (unpaired) electrons. The third-order valence-electron chi connectivity index (χ3n) is 4.87. The van der Waals surface area contributed by atoms with Crippen LogP contribution in [0.2, 0.25) is 0 Å². The van der Waals surface area contributed by atoms with Gasteiger partial charge in [0.05, 0.1) is 30.7 Å². The number of carbonyl (C=O) groups is 1. The molecule has 0 fully saturated rings. The molecule has 32 heavy (non-hydrogen) atoms. The van der Waals surface area contributed by atoms with Gasteiger partial charge in [0.2, 0.25) is 22.7 Å². The zero-order chi connectivity index (χ0) is 22.6. The van der Waals surface area contributed by atoms with Crippen LogP contribution >= 0.6 is 0 Å². The number of hydrogen-bond donors (Lipinski definition) is 2. The van der Waals surface area contributed by atoms with Crippen molar-refractivity contribution in [1.29, 1.82) is 0 Å². The summed E-state index contributed by atoms with van der Waals surface area (Å²) in [4.78, 5) is 12.7. The molecular weight excluding hydrogens is 436 g/mol. The Morgan fingerprint density at radius 2 is 1.88 bits per heavy atom. The van der Waals surface area contributed by atoms with E-state index < -0.39 is 16.1 Å². The predicted molar refractivity (Wildman–Crippen MR) is 114 cm³/mol. The zero-order valence-corrected chi connectivity index (χ0v) is 18.1. The minimum atomic E-state index is -3.91. The van der Waals surface area contributed by atoms with Gasteiger partial charge in [-0.15, -0.1) is 0 Å². The number of hydrogen-bond acceptors (Lipinski definition) is 7. The normalized spacial score (nSPS) is 13.5. The molecule has 0 spiro atoms. The van der Waals surface area contributed by atoms with Crippen LogP contribution in [0.1, 0.15) is 23.8 Å². The van der Waals surface area contributed by atoms with E-state index in [4.69, 9.17) is 18.6 Å². The monoisotopic (exact) mass is 458 g/mol. The lowest BCUT2D eigenvalue weighted by Crippen LogP contribution is -2.33. The second-order valence-electron chi connectivity index (χ2n) is 7.03. The number of furan rings is 1. The molecule has 0 unspecified atom stereocenters. The number of ether oxygens (including phenoxy) is 3. The van der Waals surface area contributed by atoms with Crippen molar-refractivity contribution >= 4 is 15.9 Å². The highest BCUT2D eigenvalue weighted by molar-refractivity contribution is 7.89. The van der Waals surface area contributed by atoms with E-state index in [1.54, 1.807) is 36.4 Å². The number of fused-ring (bicyclic) bond motifs is 1. The first kappa shape index (κ1) is 21.7. The summed E-state index contributed by atoms with van der Waals surface area (Å²) in [5.74, 6) is 1.81. The molecule has 1 aliphatic rings. The number of sulfonamides is 1. The highest BCUT2D eigenvalue weighted by atomic mass is 32.2. The van der Waals surface area contributed by atoms with Gasteiger partial charge < -0.3 is 23.9 Å². The molecule has 0 saturated carbocycles. The molecule has 168 valence electrons. The Kier molecular flexibility index (Phi) is 6.33. The molecule has 1 atom stereocenters. The van der Waals surface area contributed by atoms with Crippen LogP contribution in [0.15, 0.2) is 70.2 Å². The second kappa shape index (κ2) is 9.33. The van der Waals surface area contributed by atoms with E-state index in [1.165, 1.54) is 25.5 Å². The van der Waals surface area contributed by atoms with Crippen molar-refractivity contribution in [2.75, 3.05) is 13.9 Å². The van der Waals surface area contributed by atoms with Crippen LogP contribution in [0.5, 0.6) is 17.2 Å². The summed E-state index contributed by atoms with van der Waals surface area (Å²) >= 11 is 0. The molecule has 0 saturated heterocycles. The Hall–Kier alpha value is -3.50. The van der Waals surface area contributed by atoms with Gasteiger partial charge in [-0.25, -0.2) is 8.42 Å². The predicted octanol–water partition coefficient (Wildman–Crippen LogP) is 2.74. The average molecular weight is 458 g/mol. The molecular formula is C22H22N2O7S. The van der Waals surface area contributed by atoms with Crippen LogP contribution in [0.4, 0.5) is 0 Å². The van der Waals surface area contributed by atoms with Gasteiger partial charge >= 0.3 is 0 Å². The summed E-state index contributed by atoms with van der Waals surface area (Å²) in [6, 6.07) is 13.7. The number of amides is 1. The van der Waals surface area contributed by atoms with Crippen molar-refractivity contribution in [3.63, 3.8) is 0 Å². The fraction of sp³-hybridized carbons (Fsp3) is 0.227. The lowest BCUT2D eigenvalue weighted by molar-refractivity contribution is -0.121. The number of benzene rings is 2. The molecule has 2 aromatic carbocycles. The standard InChI is InChI=1S/C22H22N2O7S/c1-28-16-5-7-17(8-6-16)32(26,27)24-18(19-3-2-10-29-19)12-22(25)23-13-15-4-9-20-21(11-15)31-14-30-20/h2-11,18,24H,12-14H2,1H3,(H,23,25)/t18-/m0/s1. The van der Waals surface area contributed by atoms with Gasteiger partial charge in [0, 0.05) is 6.54 Å². The van der Waals surface area contributed by atoms with E-state index in [1.807, 2.05) is 6.07 Å². The van der Waals surface area contributed by atoms with Crippen LogP contribution < -0.4 is 24.2 Å². The maximum Gasteiger partial charge on any atom is 0.241 e. The summed E-state index contributed by atoms with van der Waals surface area (Å²) in [6.45, 7) is 0.426. The van der Waals surface area contributed by atoms with Crippen LogP contribution in [-0.2, 0) is 21.4 Å². The van der Waals surface area contributed by atoms with E-state index in [9.17, 15) is 13.2 Å². The summed E-state index contributed by atoms with van der Waals surface area (Å²) in [6.07, 6.45) is 1.28. The summed E-state index contributed by atoms with van der Waals surface area (Å²) < 4.78 is 49.3. The van der Waals surface area contributed by atoms with Crippen molar-refractivity contribution in [3.8, 4) is 17.2 Å². The molecule has 3 aromatic rings. The molecule has 9 nitrogen and oxygen atoms in total. The van der Waals surface area contributed by atoms with Crippen molar-refractivity contribution < 1.29 is 31.8 Å². The van der Waals surface area contributed by atoms with E-state index in [2.05, 4.69) is 10.0 Å². The maximum absolute atomic E-state index is 12.9. The van der Waals surface area contributed by atoms with Gasteiger partial charge in [0.15, 0.2) is 11.5 Å². The van der Waals surface area contributed by atoms with Crippen LogP contribution in [-0.4, -0.2) is 28.2 Å².